The van der Waals surface area contributed by atoms with Crippen LogP contribution in [0, 0.1) is 0 Å². The fourth-order valence-electron chi connectivity index (χ4n) is 2.04. The third kappa shape index (κ3) is 1.62. The minimum absolute atomic E-state index is 0.286. The number of rotatable bonds is 2. The SMILES string of the molecule is COC(=O)c1sccc1-c1ccc2ccccn12. The number of thiophene rings is 1. The summed E-state index contributed by atoms with van der Waals surface area (Å²) in [6, 6.07) is 12.0. The first-order chi connectivity index (χ1) is 8.81. The van der Waals surface area contributed by atoms with E-state index in [1.807, 2.05) is 48.0 Å². The van der Waals surface area contributed by atoms with Gasteiger partial charge in [0.1, 0.15) is 4.88 Å². The number of esters is 1. The Balaban J connectivity index is 2.21. The lowest BCUT2D eigenvalue weighted by molar-refractivity contribution is 0.0607. The molecule has 0 saturated carbocycles. The second kappa shape index (κ2) is 4.31. The molecule has 0 aliphatic rings. The van der Waals surface area contributed by atoms with E-state index in [0.29, 0.717) is 4.88 Å². The molecule has 3 rings (SSSR count). The Labute approximate surface area is 108 Å². The first kappa shape index (κ1) is 11.0. The Bertz CT molecular complexity index is 711. The van der Waals surface area contributed by atoms with E-state index in [9.17, 15) is 4.79 Å². The highest BCUT2D eigenvalue weighted by Crippen LogP contribution is 2.30. The van der Waals surface area contributed by atoms with Crippen molar-refractivity contribution in [2.24, 2.45) is 0 Å². The molecule has 0 spiro atoms. The Hall–Kier alpha value is -2.07. The normalized spacial score (nSPS) is 10.7. The summed E-state index contributed by atoms with van der Waals surface area (Å²) >= 11 is 1.40. The zero-order chi connectivity index (χ0) is 12.5. The van der Waals surface area contributed by atoms with Gasteiger partial charge in [0.2, 0.25) is 0 Å². The molecule has 0 radical (unpaired) electrons. The summed E-state index contributed by atoms with van der Waals surface area (Å²) in [6.07, 6.45) is 1.99. The second-order valence-electron chi connectivity index (χ2n) is 3.87. The van der Waals surface area contributed by atoms with Crippen LogP contribution in [0.4, 0.5) is 0 Å². The number of fused-ring (bicyclic) bond motifs is 1. The first-order valence-electron chi connectivity index (χ1n) is 5.53. The van der Waals surface area contributed by atoms with E-state index >= 15 is 0 Å². The summed E-state index contributed by atoms with van der Waals surface area (Å²) in [6.45, 7) is 0. The van der Waals surface area contributed by atoms with Gasteiger partial charge in [-0.25, -0.2) is 4.79 Å². The molecule has 4 heteroatoms. The van der Waals surface area contributed by atoms with Gasteiger partial charge in [0.25, 0.3) is 0 Å². The minimum Gasteiger partial charge on any atom is -0.465 e. The lowest BCUT2D eigenvalue weighted by atomic mass is 10.2. The number of aromatic nitrogens is 1. The Morgan fingerprint density at radius 2 is 2.11 bits per heavy atom. The van der Waals surface area contributed by atoms with Gasteiger partial charge in [-0.2, -0.15) is 0 Å². The van der Waals surface area contributed by atoms with Gasteiger partial charge >= 0.3 is 5.97 Å². The van der Waals surface area contributed by atoms with E-state index < -0.39 is 0 Å². The van der Waals surface area contributed by atoms with Crippen LogP contribution in [0.25, 0.3) is 16.8 Å². The molecular formula is C14H11NO2S. The molecule has 3 aromatic rings. The van der Waals surface area contributed by atoms with Gasteiger partial charge in [-0.3, -0.25) is 0 Å². The summed E-state index contributed by atoms with van der Waals surface area (Å²) in [5.74, 6) is -0.286. The molecule has 0 bridgehead atoms. The van der Waals surface area contributed by atoms with Gasteiger partial charge in [-0.05, 0) is 35.7 Å². The maximum Gasteiger partial charge on any atom is 0.348 e. The topological polar surface area (TPSA) is 30.7 Å². The third-order valence-electron chi connectivity index (χ3n) is 2.87. The van der Waals surface area contributed by atoms with Crippen molar-refractivity contribution in [2.45, 2.75) is 0 Å². The van der Waals surface area contributed by atoms with E-state index in [4.69, 9.17) is 4.74 Å². The molecule has 0 atom stereocenters. The number of hydrogen-bond acceptors (Lipinski definition) is 3. The molecule has 18 heavy (non-hydrogen) atoms. The fourth-order valence-corrected chi connectivity index (χ4v) is 2.86. The molecule has 0 unspecified atom stereocenters. The van der Waals surface area contributed by atoms with Crippen LogP contribution in [-0.4, -0.2) is 17.5 Å². The van der Waals surface area contributed by atoms with Crippen molar-refractivity contribution < 1.29 is 9.53 Å². The molecule has 3 heterocycles. The lowest BCUT2D eigenvalue weighted by Gasteiger charge is -2.03. The standard InChI is InChI=1S/C14H11NO2S/c1-17-14(16)13-11(7-9-18-13)12-6-5-10-4-2-3-8-15(10)12/h2-9H,1H3. The molecule has 3 aromatic heterocycles. The Morgan fingerprint density at radius 1 is 1.22 bits per heavy atom. The predicted molar refractivity (Wildman–Crippen MR) is 72.0 cm³/mol. The van der Waals surface area contributed by atoms with Gasteiger partial charge < -0.3 is 9.14 Å². The highest BCUT2D eigenvalue weighted by Gasteiger charge is 2.16. The van der Waals surface area contributed by atoms with Crippen molar-refractivity contribution in [3.05, 3.63) is 52.9 Å². The monoisotopic (exact) mass is 257 g/mol. The van der Waals surface area contributed by atoms with Gasteiger partial charge in [-0.1, -0.05) is 6.07 Å². The van der Waals surface area contributed by atoms with Crippen LogP contribution in [-0.2, 0) is 4.74 Å². The minimum atomic E-state index is -0.286. The van der Waals surface area contributed by atoms with Crippen LogP contribution in [0.3, 0.4) is 0 Å². The third-order valence-corrected chi connectivity index (χ3v) is 3.77. The molecule has 0 amide bonds. The highest BCUT2D eigenvalue weighted by molar-refractivity contribution is 7.12. The largest absolute Gasteiger partial charge is 0.465 e. The van der Waals surface area contributed by atoms with E-state index in [1.54, 1.807) is 0 Å². The summed E-state index contributed by atoms with van der Waals surface area (Å²) in [4.78, 5) is 12.3. The molecule has 0 fully saturated rings. The predicted octanol–water partition coefficient (Wildman–Crippen LogP) is 3.45. The molecule has 3 nitrogen and oxygen atoms in total. The summed E-state index contributed by atoms with van der Waals surface area (Å²) < 4.78 is 6.87. The zero-order valence-corrected chi connectivity index (χ0v) is 10.6. The van der Waals surface area contributed by atoms with E-state index in [1.165, 1.54) is 18.4 Å². The first-order valence-corrected chi connectivity index (χ1v) is 6.41. The molecule has 0 aromatic carbocycles. The smallest absolute Gasteiger partial charge is 0.348 e. The van der Waals surface area contributed by atoms with Crippen molar-refractivity contribution in [3.8, 4) is 11.3 Å². The van der Waals surface area contributed by atoms with Gasteiger partial charge in [0.15, 0.2) is 0 Å². The number of hydrogen-bond donors (Lipinski definition) is 0. The quantitative estimate of drug-likeness (QED) is 0.658. The fraction of sp³-hybridized carbons (Fsp3) is 0.0714. The van der Waals surface area contributed by atoms with Crippen LogP contribution >= 0.6 is 11.3 Å². The van der Waals surface area contributed by atoms with E-state index in [-0.39, 0.29) is 5.97 Å². The van der Waals surface area contributed by atoms with Crippen LogP contribution in [0.2, 0.25) is 0 Å². The molecular weight excluding hydrogens is 246 g/mol. The van der Waals surface area contributed by atoms with Crippen LogP contribution in [0.5, 0.6) is 0 Å². The number of carbonyl (C=O) groups is 1. The lowest BCUT2D eigenvalue weighted by Crippen LogP contribution is -2.00. The molecule has 0 saturated heterocycles. The molecule has 0 N–H and O–H groups in total. The van der Waals surface area contributed by atoms with Crippen LogP contribution in [0.15, 0.2) is 48.0 Å². The maximum atomic E-state index is 11.7. The Kier molecular flexibility index (Phi) is 2.64. The number of pyridine rings is 1. The zero-order valence-electron chi connectivity index (χ0n) is 9.79. The number of carbonyl (C=O) groups excluding carboxylic acids is 1. The van der Waals surface area contributed by atoms with Crippen molar-refractivity contribution in [2.75, 3.05) is 7.11 Å². The van der Waals surface area contributed by atoms with E-state index in [2.05, 4.69) is 4.40 Å². The maximum absolute atomic E-state index is 11.7. The average molecular weight is 257 g/mol. The van der Waals surface area contributed by atoms with Crippen LogP contribution < -0.4 is 0 Å². The number of nitrogens with zero attached hydrogens (tertiary/aromatic N) is 1. The van der Waals surface area contributed by atoms with Crippen molar-refractivity contribution in [1.29, 1.82) is 0 Å². The molecule has 0 aliphatic heterocycles. The summed E-state index contributed by atoms with van der Waals surface area (Å²) in [5.41, 5.74) is 3.03. The van der Waals surface area contributed by atoms with Crippen molar-refractivity contribution in [1.82, 2.24) is 4.40 Å². The van der Waals surface area contributed by atoms with E-state index in [0.717, 1.165) is 16.8 Å². The number of methoxy groups -OCH3 is 1. The Morgan fingerprint density at radius 3 is 2.94 bits per heavy atom. The van der Waals surface area contributed by atoms with Gasteiger partial charge in [0.05, 0.1) is 12.8 Å². The van der Waals surface area contributed by atoms with Gasteiger partial charge in [-0.15, -0.1) is 11.3 Å². The average Bonchev–Trinajstić information content (AvgIpc) is 3.03. The summed E-state index contributed by atoms with van der Waals surface area (Å²) in [5, 5.41) is 1.91. The second-order valence-corrected chi connectivity index (χ2v) is 4.79. The van der Waals surface area contributed by atoms with Crippen molar-refractivity contribution in [3.63, 3.8) is 0 Å². The highest BCUT2D eigenvalue weighted by atomic mass is 32.1. The number of ether oxygens (including phenoxy) is 1. The molecule has 90 valence electrons. The van der Waals surface area contributed by atoms with Crippen molar-refractivity contribution >= 4 is 22.8 Å². The molecule has 0 aliphatic carbocycles. The van der Waals surface area contributed by atoms with Crippen LogP contribution in [0.1, 0.15) is 9.67 Å². The van der Waals surface area contributed by atoms with Gasteiger partial charge in [0, 0.05) is 17.3 Å². The summed E-state index contributed by atoms with van der Waals surface area (Å²) in [7, 11) is 1.40.